The molecule has 1 aromatic heterocycles. The number of aryl methyl sites for hydroxylation is 2. The molecule has 0 spiro atoms. The summed E-state index contributed by atoms with van der Waals surface area (Å²) in [6, 6.07) is 5.37. The van der Waals surface area contributed by atoms with Crippen LogP contribution in [0.5, 0.6) is 11.5 Å². The lowest BCUT2D eigenvalue weighted by molar-refractivity contribution is 0.395. The van der Waals surface area contributed by atoms with Crippen molar-refractivity contribution in [3.63, 3.8) is 0 Å². The van der Waals surface area contributed by atoms with E-state index >= 15 is 0 Å². The molecule has 0 bridgehead atoms. The number of rotatable bonds is 7. The second-order valence-electron chi connectivity index (χ2n) is 5.30. The van der Waals surface area contributed by atoms with Gasteiger partial charge in [-0.1, -0.05) is 0 Å². The Labute approximate surface area is 147 Å². The Morgan fingerprint density at radius 2 is 2.00 bits per heavy atom. The van der Waals surface area contributed by atoms with Crippen molar-refractivity contribution >= 4 is 11.6 Å². The molecule has 0 aliphatic rings. The highest BCUT2D eigenvalue weighted by molar-refractivity contribution is 5.94. The van der Waals surface area contributed by atoms with Crippen LogP contribution in [-0.4, -0.2) is 36.3 Å². The third-order valence-electron chi connectivity index (χ3n) is 3.56. The summed E-state index contributed by atoms with van der Waals surface area (Å²) in [6.45, 7) is 3.51. The molecule has 25 heavy (non-hydrogen) atoms. The molecule has 1 heterocycles. The number of guanidine groups is 1. The van der Waals surface area contributed by atoms with E-state index in [4.69, 9.17) is 14.7 Å². The number of nitrogens with zero attached hydrogens (tertiary/aromatic N) is 4. The summed E-state index contributed by atoms with van der Waals surface area (Å²) in [5, 5.41) is 15.1. The highest BCUT2D eigenvalue weighted by Gasteiger charge is 2.05. The smallest absolute Gasteiger partial charge is 0.211 e. The summed E-state index contributed by atoms with van der Waals surface area (Å²) in [5.74, 6) is 1.67. The van der Waals surface area contributed by atoms with Gasteiger partial charge in [0, 0.05) is 48.9 Å². The van der Waals surface area contributed by atoms with Crippen molar-refractivity contribution in [1.29, 1.82) is 5.26 Å². The van der Waals surface area contributed by atoms with Crippen LogP contribution < -0.4 is 20.1 Å². The molecular weight excluding hydrogens is 320 g/mol. The molecule has 2 aromatic rings. The van der Waals surface area contributed by atoms with E-state index in [2.05, 4.69) is 25.2 Å². The lowest BCUT2D eigenvalue weighted by Gasteiger charge is -2.13. The molecule has 0 amide bonds. The Hall–Kier alpha value is -3.21. The number of hydrogen-bond acceptors (Lipinski definition) is 5. The first-order chi connectivity index (χ1) is 12.2. The van der Waals surface area contributed by atoms with E-state index in [0.717, 1.165) is 18.7 Å². The lowest BCUT2D eigenvalue weighted by atomic mass is 10.3. The molecule has 8 nitrogen and oxygen atoms in total. The number of aliphatic imine (C=N–C) groups is 1. The molecule has 0 radical (unpaired) electrons. The van der Waals surface area contributed by atoms with Gasteiger partial charge in [0.05, 0.1) is 20.5 Å². The fraction of sp³-hybridized carbons (Fsp3) is 0.353. The number of methoxy groups -OCH3 is 2. The number of nitriles is 1. The Morgan fingerprint density at radius 3 is 2.56 bits per heavy atom. The van der Waals surface area contributed by atoms with Gasteiger partial charge in [-0.2, -0.15) is 5.26 Å². The SMILES string of the molecule is COc1cc(N/C(=N/C#N)NCCCn2cncc2C)cc(OC)c1. The molecule has 0 atom stereocenters. The maximum atomic E-state index is 8.88. The lowest BCUT2D eigenvalue weighted by Crippen LogP contribution is -2.31. The molecule has 0 aliphatic heterocycles. The summed E-state index contributed by atoms with van der Waals surface area (Å²) < 4.78 is 12.5. The van der Waals surface area contributed by atoms with Crippen LogP contribution in [0.1, 0.15) is 12.1 Å². The van der Waals surface area contributed by atoms with Crippen LogP contribution in [0.15, 0.2) is 35.7 Å². The van der Waals surface area contributed by atoms with E-state index in [1.807, 2.05) is 13.1 Å². The predicted octanol–water partition coefficient (Wildman–Crippen LogP) is 2.14. The molecular formula is C17H22N6O2. The van der Waals surface area contributed by atoms with Gasteiger partial charge in [-0.3, -0.25) is 0 Å². The van der Waals surface area contributed by atoms with Crippen molar-refractivity contribution in [3.05, 3.63) is 36.4 Å². The standard InChI is InChI=1S/C17H22N6O2/c1-13-10-19-12-23(13)6-4-5-20-17(21-11-18)22-14-7-15(24-2)9-16(8-14)25-3/h7-10,12H,4-6H2,1-3H3,(H2,20,21,22). The van der Waals surface area contributed by atoms with Crippen molar-refractivity contribution in [2.45, 2.75) is 19.9 Å². The summed E-state index contributed by atoms with van der Waals surface area (Å²) in [7, 11) is 3.17. The molecule has 8 heteroatoms. The molecule has 0 unspecified atom stereocenters. The fourth-order valence-electron chi connectivity index (χ4n) is 2.26. The quantitative estimate of drug-likeness (QED) is 0.346. The van der Waals surface area contributed by atoms with Crippen LogP contribution in [0.4, 0.5) is 5.69 Å². The molecule has 2 N–H and O–H groups in total. The number of benzene rings is 1. The predicted molar refractivity (Wildman–Crippen MR) is 95.8 cm³/mol. The van der Waals surface area contributed by atoms with Gasteiger partial charge in [0.25, 0.3) is 0 Å². The zero-order valence-electron chi connectivity index (χ0n) is 14.6. The van der Waals surface area contributed by atoms with Crippen molar-refractivity contribution in [2.24, 2.45) is 4.99 Å². The van der Waals surface area contributed by atoms with Gasteiger partial charge >= 0.3 is 0 Å². The highest BCUT2D eigenvalue weighted by Crippen LogP contribution is 2.25. The van der Waals surface area contributed by atoms with E-state index in [0.29, 0.717) is 29.7 Å². The van der Waals surface area contributed by atoms with E-state index in [1.165, 1.54) is 0 Å². The summed E-state index contributed by atoms with van der Waals surface area (Å²) in [5.41, 5.74) is 1.83. The summed E-state index contributed by atoms with van der Waals surface area (Å²) in [6.07, 6.45) is 6.29. The van der Waals surface area contributed by atoms with Gasteiger partial charge in [-0.05, 0) is 13.3 Å². The number of aromatic nitrogens is 2. The third-order valence-corrected chi connectivity index (χ3v) is 3.56. The van der Waals surface area contributed by atoms with Crippen molar-refractivity contribution in [1.82, 2.24) is 14.9 Å². The van der Waals surface area contributed by atoms with Crippen LogP contribution >= 0.6 is 0 Å². The minimum Gasteiger partial charge on any atom is -0.497 e. The van der Waals surface area contributed by atoms with Crippen LogP contribution in [0.25, 0.3) is 0 Å². The second-order valence-corrected chi connectivity index (χ2v) is 5.30. The minimum atomic E-state index is 0.375. The molecule has 2 rings (SSSR count). The molecule has 0 fully saturated rings. The van der Waals surface area contributed by atoms with Crippen LogP contribution in [0.2, 0.25) is 0 Å². The van der Waals surface area contributed by atoms with Gasteiger partial charge in [0.1, 0.15) is 11.5 Å². The van der Waals surface area contributed by atoms with E-state index in [-0.39, 0.29) is 0 Å². The zero-order chi connectivity index (χ0) is 18.1. The first kappa shape index (κ1) is 18.1. The van der Waals surface area contributed by atoms with Crippen LogP contribution in [0, 0.1) is 18.4 Å². The Bertz CT molecular complexity index is 740. The number of nitrogens with one attached hydrogen (secondary N) is 2. The zero-order valence-corrected chi connectivity index (χ0v) is 14.6. The second kappa shape index (κ2) is 9.17. The number of anilines is 1. The van der Waals surface area contributed by atoms with Gasteiger partial charge in [0.2, 0.25) is 12.2 Å². The van der Waals surface area contributed by atoms with Gasteiger partial charge < -0.3 is 24.7 Å². The Kier molecular flexibility index (Phi) is 6.65. The highest BCUT2D eigenvalue weighted by atomic mass is 16.5. The average Bonchev–Trinajstić information content (AvgIpc) is 3.03. The van der Waals surface area contributed by atoms with Crippen molar-refractivity contribution < 1.29 is 9.47 Å². The Morgan fingerprint density at radius 1 is 1.28 bits per heavy atom. The Balaban J connectivity index is 1.94. The van der Waals surface area contributed by atoms with Gasteiger partial charge in [-0.25, -0.2) is 4.98 Å². The molecule has 1 aromatic carbocycles. The normalized spacial score (nSPS) is 10.9. The molecule has 0 aliphatic carbocycles. The maximum Gasteiger partial charge on any atom is 0.211 e. The van der Waals surface area contributed by atoms with Crippen molar-refractivity contribution in [2.75, 3.05) is 26.1 Å². The number of hydrogen-bond donors (Lipinski definition) is 2. The monoisotopic (exact) mass is 342 g/mol. The topological polar surface area (TPSA) is 96.5 Å². The molecule has 132 valence electrons. The van der Waals surface area contributed by atoms with E-state index in [1.54, 1.807) is 44.9 Å². The number of imidazole rings is 1. The maximum absolute atomic E-state index is 8.88. The van der Waals surface area contributed by atoms with E-state index in [9.17, 15) is 0 Å². The first-order valence-corrected chi connectivity index (χ1v) is 7.83. The molecule has 0 saturated heterocycles. The van der Waals surface area contributed by atoms with Crippen LogP contribution in [-0.2, 0) is 6.54 Å². The van der Waals surface area contributed by atoms with Gasteiger partial charge in [-0.15, -0.1) is 4.99 Å². The minimum absolute atomic E-state index is 0.375. The average molecular weight is 342 g/mol. The van der Waals surface area contributed by atoms with Crippen molar-refractivity contribution in [3.8, 4) is 17.7 Å². The number of ether oxygens (including phenoxy) is 2. The summed E-state index contributed by atoms with van der Waals surface area (Å²) >= 11 is 0. The fourth-order valence-corrected chi connectivity index (χ4v) is 2.26. The molecule has 0 saturated carbocycles. The summed E-state index contributed by atoms with van der Waals surface area (Å²) in [4.78, 5) is 7.87. The van der Waals surface area contributed by atoms with Gasteiger partial charge in [0.15, 0.2) is 0 Å². The largest absolute Gasteiger partial charge is 0.497 e. The van der Waals surface area contributed by atoms with Crippen LogP contribution in [0.3, 0.4) is 0 Å². The first-order valence-electron chi connectivity index (χ1n) is 7.83. The third kappa shape index (κ3) is 5.42. The van der Waals surface area contributed by atoms with E-state index < -0.39 is 0 Å².